The van der Waals surface area contributed by atoms with Gasteiger partial charge in [-0.2, -0.15) is 0 Å². The first kappa shape index (κ1) is 28.3. The second-order valence-electron chi connectivity index (χ2n) is 8.91. The first-order valence-corrected chi connectivity index (χ1v) is 12.1. The van der Waals surface area contributed by atoms with Crippen molar-refractivity contribution >= 4 is 40.2 Å². The Morgan fingerprint density at radius 1 is 1.20 bits per heavy atom. The van der Waals surface area contributed by atoms with Crippen LogP contribution in [0.2, 0.25) is 0 Å². The van der Waals surface area contributed by atoms with Crippen LogP contribution in [0.25, 0.3) is 0 Å². The largest absolute Gasteiger partial charge is 0.493 e. The molecule has 0 fully saturated rings. The lowest BCUT2D eigenvalue weighted by Crippen LogP contribution is -2.27. The van der Waals surface area contributed by atoms with Crippen LogP contribution in [0.1, 0.15) is 53.0 Å². The summed E-state index contributed by atoms with van der Waals surface area (Å²) in [5, 5.41) is 10.7. The van der Waals surface area contributed by atoms with Crippen LogP contribution < -0.4 is 20.5 Å². The van der Waals surface area contributed by atoms with Crippen LogP contribution >= 0.6 is 22.6 Å². The Hall–Kier alpha value is -2.89. The molecule has 4 N–H and O–H groups in total. The normalized spacial score (nSPS) is 12.0. The van der Waals surface area contributed by atoms with E-state index >= 15 is 0 Å². The molecule has 0 saturated heterocycles. The highest BCUT2D eigenvalue weighted by Crippen LogP contribution is 2.28. The maximum Gasteiger partial charge on any atom is 0.413 e. The summed E-state index contributed by atoms with van der Waals surface area (Å²) < 4.78 is 31.8. The summed E-state index contributed by atoms with van der Waals surface area (Å²) in [4.78, 5) is 16.4. The quantitative estimate of drug-likeness (QED) is 0.171. The van der Waals surface area contributed by atoms with Crippen LogP contribution in [0, 0.1) is 14.8 Å². The summed E-state index contributed by atoms with van der Waals surface area (Å²) in [7, 11) is 0. The first-order valence-electron chi connectivity index (χ1n) is 11.1. The fraction of sp³-hybridized carbons (Fsp3) is 0.400. The lowest BCUT2D eigenvalue weighted by molar-refractivity contribution is 0.0634. The minimum absolute atomic E-state index is 0.0120. The Balaban J connectivity index is 2.07. The topological polar surface area (TPSA) is 120 Å². The zero-order chi connectivity index (χ0) is 26.2. The van der Waals surface area contributed by atoms with Crippen LogP contribution in [-0.4, -0.2) is 29.0 Å². The van der Waals surface area contributed by atoms with Gasteiger partial charge in [0.25, 0.3) is 0 Å². The number of carbonyl (C=O) groups is 1. The third-order valence-corrected chi connectivity index (χ3v) is 5.31. The molecular formula is C25H32FIN4O4. The van der Waals surface area contributed by atoms with Gasteiger partial charge in [-0.15, -0.1) is 0 Å². The van der Waals surface area contributed by atoms with E-state index in [4.69, 9.17) is 25.4 Å². The summed E-state index contributed by atoms with van der Waals surface area (Å²) in [5.41, 5.74) is 7.43. The van der Waals surface area contributed by atoms with Crippen molar-refractivity contribution < 1.29 is 23.4 Å². The van der Waals surface area contributed by atoms with E-state index in [1.165, 1.54) is 12.1 Å². The number of halogens is 2. The molecule has 0 aliphatic rings. The molecule has 190 valence electrons. The second-order valence-corrected chi connectivity index (χ2v) is 10.2. The number of hydrogen-bond acceptors (Lipinski definition) is 7. The van der Waals surface area contributed by atoms with Crippen LogP contribution in [0.4, 0.5) is 15.0 Å². The smallest absolute Gasteiger partial charge is 0.413 e. The molecule has 0 radical (unpaired) electrons. The number of hydrogen-bond donors (Lipinski definition) is 3. The van der Waals surface area contributed by atoms with Gasteiger partial charge in [-0.05, 0) is 99.9 Å². The highest BCUT2D eigenvalue weighted by atomic mass is 127. The molecule has 2 aromatic rings. The average molecular weight is 598 g/mol. The number of nitrogens with one attached hydrogen (secondary N) is 2. The number of pyridine rings is 1. The standard InChI is InChI=1S/C25H32FIN4O4/c1-15(16(2)28)20(29)7-6-10-33-21-9-8-18(26)11-17(21)14-34-22-12-19(27)13-30-23(22)31-24(32)35-25(3,4)5/h8-9,11-13,29H,6-7,10,14,28H2,1-5H3,(H,30,31,32). The van der Waals surface area contributed by atoms with Crippen molar-refractivity contribution in [2.45, 2.75) is 59.7 Å². The van der Waals surface area contributed by atoms with E-state index in [2.05, 4.69) is 32.9 Å². The first-order chi connectivity index (χ1) is 16.4. The number of anilines is 1. The Morgan fingerprint density at radius 3 is 2.57 bits per heavy atom. The second kappa shape index (κ2) is 12.7. The van der Waals surface area contributed by atoms with E-state index < -0.39 is 17.5 Å². The molecule has 0 bridgehead atoms. The van der Waals surface area contributed by atoms with Gasteiger partial charge in [0.1, 0.15) is 23.8 Å². The van der Waals surface area contributed by atoms with Crippen molar-refractivity contribution in [2.75, 3.05) is 11.9 Å². The Morgan fingerprint density at radius 2 is 1.91 bits per heavy atom. The summed E-state index contributed by atoms with van der Waals surface area (Å²) in [5.74, 6) is 0.548. The molecule has 0 aliphatic heterocycles. The van der Waals surface area contributed by atoms with Gasteiger partial charge in [0.15, 0.2) is 11.6 Å². The molecule has 1 aromatic carbocycles. The molecule has 0 atom stereocenters. The zero-order valence-corrected chi connectivity index (χ0v) is 22.8. The SMILES string of the molecule is CC(N)=C(C)C(=N)CCCOc1ccc(F)cc1COc1cc(I)cnc1NC(=O)OC(C)(C)C. The van der Waals surface area contributed by atoms with Crippen molar-refractivity contribution in [1.29, 1.82) is 5.41 Å². The molecule has 0 aliphatic carbocycles. The van der Waals surface area contributed by atoms with Crippen molar-refractivity contribution in [2.24, 2.45) is 5.73 Å². The Bertz CT molecular complexity index is 1100. The minimum Gasteiger partial charge on any atom is -0.493 e. The molecule has 0 saturated carbocycles. The molecule has 1 heterocycles. The van der Waals surface area contributed by atoms with E-state index in [0.717, 1.165) is 9.14 Å². The van der Waals surface area contributed by atoms with Crippen molar-refractivity contribution in [1.82, 2.24) is 4.98 Å². The van der Waals surface area contributed by atoms with Gasteiger partial charge in [0.2, 0.25) is 0 Å². The van der Waals surface area contributed by atoms with E-state index in [1.807, 2.05) is 6.92 Å². The number of ether oxygens (including phenoxy) is 3. The summed E-state index contributed by atoms with van der Waals surface area (Å²) in [6.07, 6.45) is 2.04. The Labute approximate surface area is 219 Å². The molecule has 1 aromatic heterocycles. The van der Waals surface area contributed by atoms with Crippen LogP contribution in [0.15, 0.2) is 41.7 Å². The summed E-state index contributed by atoms with van der Waals surface area (Å²) in [6.45, 7) is 9.20. The minimum atomic E-state index is -0.668. The number of aromatic nitrogens is 1. The summed E-state index contributed by atoms with van der Waals surface area (Å²) >= 11 is 2.08. The lowest BCUT2D eigenvalue weighted by Gasteiger charge is -2.20. The molecule has 2 rings (SSSR count). The molecule has 1 amide bonds. The van der Waals surface area contributed by atoms with Gasteiger partial charge < -0.3 is 25.4 Å². The van der Waals surface area contributed by atoms with Crippen molar-refractivity contribution in [3.05, 3.63) is 56.7 Å². The molecule has 0 unspecified atom stereocenters. The van der Waals surface area contributed by atoms with Crippen molar-refractivity contribution in [3.63, 3.8) is 0 Å². The van der Waals surface area contributed by atoms with Gasteiger partial charge in [-0.3, -0.25) is 5.32 Å². The number of allylic oxidation sites excluding steroid dienone is 2. The molecule has 8 nitrogen and oxygen atoms in total. The van der Waals surface area contributed by atoms with Crippen molar-refractivity contribution in [3.8, 4) is 11.5 Å². The van der Waals surface area contributed by atoms with E-state index in [0.29, 0.717) is 47.9 Å². The number of carbonyl (C=O) groups excluding carboxylic acids is 1. The van der Waals surface area contributed by atoms with E-state index in [1.54, 1.807) is 46.0 Å². The number of amides is 1. The molecule has 10 heteroatoms. The monoisotopic (exact) mass is 598 g/mol. The fourth-order valence-electron chi connectivity index (χ4n) is 2.84. The lowest BCUT2D eigenvalue weighted by atomic mass is 10.1. The predicted octanol–water partition coefficient (Wildman–Crippen LogP) is 6.18. The van der Waals surface area contributed by atoms with Crippen LogP contribution in [-0.2, 0) is 11.3 Å². The molecule has 35 heavy (non-hydrogen) atoms. The van der Waals surface area contributed by atoms with Gasteiger partial charge in [-0.25, -0.2) is 14.2 Å². The predicted molar refractivity (Wildman–Crippen MR) is 143 cm³/mol. The van der Waals surface area contributed by atoms with Crippen LogP contribution in [0.5, 0.6) is 11.5 Å². The van der Waals surface area contributed by atoms with Gasteiger partial charge in [0, 0.05) is 26.7 Å². The van der Waals surface area contributed by atoms with Gasteiger partial charge in [-0.1, -0.05) is 0 Å². The van der Waals surface area contributed by atoms with E-state index in [-0.39, 0.29) is 12.4 Å². The summed E-state index contributed by atoms with van der Waals surface area (Å²) in [6, 6.07) is 5.90. The molecule has 0 spiro atoms. The van der Waals surface area contributed by atoms with Gasteiger partial charge >= 0.3 is 6.09 Å². The third-order valence-electron chi connectivity index (χ3n) is 4.72. The third kappa shape index (κ3) is 9.71. The number of benzene rings is 1. The maximum absolute atomic E-state index is 14.0. The average Bonchev–Trinajstić information content (AvgIpc) is 2.75. The molecular weight excluding hydrogens is 566 g/mol. The van der Waals surface area contributed by atoms with E-state index in [9.17, 15) is 9.18 Å². The maximum atomic E-state index is 14.0. The highest BCUT2D eigenvalue weighted by molar-refractivity contribution is 14.1. The van der Waals surface area contributed by atoms with Gasteiger partial charge in [0.05, 0.1) is 6.61 Å². The highest BCUT2D eigenvalue weighted by Gasteiger charge is 2.19. The van der Waals surface area contributed by atoms with Crippen LogP contribution in [0.3, 0.4) is 0 Å². The fourth-order valence-corrected chi connectivity index (χ4v) is 3.26. The Kier molecular flexibility index (Phi) is 10.3. The zero-order valence-electron chi connectivity index (χ0n) is 20.6. The number of nitrogens with two attached hydrogens (primary N) is 1. The number of nitrogens with zero attached hydrogens (tertiary/aromatic N) is 1. The number of rotatable bonds is 10.